The van der Waals surface area contributed by atoms with Crippen LogP contribution in [0.2, 0.25) is 0 Å². The third-order valence-corrected chi connectivity index (χ3v) is 4.02. The Kier molecular flexibility index (Phi) is 2.72. The van der Waals surface area contributed by atoms with E-state index in [0.29, 0.717) is 18.4 Å². The van der Waals surface area contributed by atoms with Gasteiger partial charge in [-0.1, -0.05) is 12.2 Å². The topological polar surface area (TPSA) is 35.5 Å². The van der Waals surface area contributed by atoms with E-state index in [1.807, 2.05) is 0 Å². The summed E-state index contributed by atoms with van der Waals surface area (Å²) in [7, 11) is 0. The van der Waals surface area contributed by atoms with Crippen molar-refractivity contribution in [2.24, 2.45) is 17.8 Å². The van der Waals surface area contributed by atoms with Crippen molar-refractivity contribution in [2.45, 2.75) is 31.8 Å². The highest BCUT2D eigenvalue weighted by atomic mass is 16.6. The van der Waals surface area contributed by atoms with E-state index in [2.05, 4.69) is 12.2 Å². The van der Waals surface area contributed by atoms with Crippen LogP contribution in [-0.4, -0.2) is 25.3 Å². The fourth-order valence-corrected chi connectivity index (χ4v) is 3.11. The SMILES string of the molecule is O=C(OC[C@@H]1CCCO1)[C@@H]1C[C@H]2C=C[C@H]1C2. The molecule has 0 aromatic heterocycles. The number of esters is 1. The molecular formula is C13H18O3. The minimum absolute atomic E-state index is 0.00708. The first-order valence-corrected chi connectivity index (χ1v) is 6.29. The molecule has 2 bridgehead atoms. The van der Waals surface area contributed by atoms with Crippen molar-refractivity contribution in [1.82, 2.24) is 0 Å². The highest BCUT2D eigenvalue weighted by Gasteiger charge is 2.40. The molecule has 0 aromatic carbocycles. The Labute approximate surface area is 95.8 Å². The first-order valence-electron chi connectivity index (χ1n) is 6.29. The lowest BCUT2D eigenvalue weighted by atomic mass is 9.94. The number of carbonyl (C=O) groups is 1. The van der Waals surface area contributed by atoms with Crippen LogP contribution in [-0.2, 0) is 14.3 Å². The molecule has 0 amide bonds. The number of carbonyl (C=O) groups excluding carboxylic acids is 1. The van der Waals surface area contributed by atoms with Gasteiger partial charge in [0.15, 0.2) is 0 Å². The monoisotopic (exact) mass is 222 g/mol. The molecule has 3 nitrogen and oxygen atoms in total. The Bertz CT molecular complexity index is 304. The van der Waals surface area contributed by atoms with E-state index < -0.39 is 0 Å². The zero-order valence-corrected chi connectivity index (χ0v) is 9.43. The van der Waals surface area contributed by atoms with Gasteiger partial charge in [-0.05, 0) is 37.5 Å². The lowest BCUT2D eigenvalue weighted by molar-refractivity contribution is -0.152. The number of allylic oxidation sites excluding steroid dienone is 2. The summed E-state index contributed by atoms with van der Waals surface area (Å²) in [5, 5.41) is 0. The van der Waals surface area contributed by atoms with Gasteiger partial charge in [-0.25, -0.2) is 0 Å². The van der Waals surface area contributed by atoms with Gasteiger partial charge >= 0.3 is 5.97 Å². The zero-order chi connectivity index (χ0) is 11.0. The van der Waals surface area contributed by atoms with E-state index in [-0.39, 0.29) is 18.0 Å². The van der Waals surface area contributed by atoms with E-state index in [1.54, 1.807) is 0 Å². The molecule has 0 aromatic rings. The molecular weight excluding hydrogens is 204 g/mol. The van der Waals surface area contributed by atoms with E-state index in [0.717, 1.165) is 32.3 Å². The van der Waals surface area contributed by atoms with Crippen LogP contribution in [0.15, 0.2) is 12.2 Å². The van der Waals surface area contributed by atoms with Crippen LogP contribution in [0.1, 0.15) is 25.7 Å². The van der Waals surface area contributed by atoms with Gasteiger partial charge in [0.05, 0.1) is 12.0 Å². The molecule has 3 heteroatoms. The molecule has 88 valence electrons. The standard InChI is InChI=1S/C13H18O3/c14-13(16-8-11-2-1-5-15-11)12-7-9-3-4-10(12)6-9/h3-4,9-12H,1-2,5-8H2/t9-,10-,11-,12+/m0/s1. The quantitative estimate of drug-likeness (QED) is 0.540. The average molecular weight is 222 g/mol. The van der Waals surface area contributed by atoms with Crippen molar-refractivity contribution >= 4 is 5.97 Å². The minimum Gasteiger partial charge on any atom is -0.463 e. The average Bonchev–Trinajstić information content (AvgIpc) is 3.01. The minimum atomic E-state index is -0.00708. The second-order valence-electron chi connectivity index (χ2n) is 5.15. The normalized spacial score (nSPS) is 40.5. The lowest BCUT2D eigenvalue weighted by Gasteiger charge is -2.18. The maximum absolute atomic E-state index is 11.9. The van der Waals surface area contributed by atoms with E-state index >= 15 is 0 Å². The van der Waals surface area contributed by atoms with E-state index in [4.69, 9.17) is 9.47 Å². The van der Waals surface area contributed by atoms with Crippen LogP contribution < -0.4 is 0 Å². The van der Waals surface area contributed by atoms with Gasteiger partial charge in [0.25, 0.3) is 0 Å². The molecule has 1 saturated carbocycles. The van der Waals surface area contributed by atoms with Gasteiger partial charge in [-0.3, -0.25) is 4.79 Å². The fraction of sp³-hybridized carbons (Fsp3) is 0.769. The summed E-state index contributed by atoms with van der Waals surface area (Å²) in [6.45, 7) is 1.27. The molecule has 2 fully saturated rings. The zero-order valence-electron chi connectivity index (χ0n) is 9.43. The Morgan fingerprint density at radius 1 is 1.38 bits per heavy atom. The van der Waals surface area contributed by atoms with Gasteiger partial charge in [0, 0.05) is 6.61 Å². The second-order valence-corrected chi connectivity index (χ2v) is 5.15. The van der Waals surface area contributed by atoms with Crippen LogP contribution in [0.25, 0.3) is 0 Å². The predicted octanol–water partition coefficient (Wildman–Crippen LogP) is 1.92. The summed E-state index contributed by atoms with van der Waals surface area (Å²) >= 11 is 0. The highest BCUT2D eigenvalue weighted by Crippen LogP contribution is 2.43. The third kappa shape index (κ3) is 1.88. The number of fused-ring (bicyclic) bond motifs is 2. The fourth-order valence-electron chi connectivity index (χ4n) is 3.11. The van der Waals surface area contributed by atoms with Crippen LogP contribution in [0, 0.1) is 17.8 Å². The molecule has 1 aliphatic heterocycles. The number of hydrogen-bond acceptors (Lipinski definition) is 3. The Balaban J connectivity index is 1.48. The molecule has 3 aliphatic rings. The molecule has 1 saturated heterocycles. The van der Waals surface area contributed by atoms with Gasteiger partial charge in [-0.2, -0.15) is 0 Å². The molecule has 0 N–H and O–H groups in total. The van der Waals surface area contributed by atoms with Crippen molar-refractivity contribution in [1.29, 1.82) is 0 Å². The van der Waals surface area contributed by atoms with Crippen molar-refractivity contribution in [3.8, 4) is 0 Å². The smallest absolute Gasteiger partial charge is 0.309 e. The molecule has 0 unspecified atom stereocenters. The van der Waals surface area contributed by atoms with Crippen LogP contribution in [0.4, 0.5) is 0 Å². The van der Waals surface area contributed by atoms with Gasteiger partial charge < -0.3 is 9.47 Å². The first-order chi connectivity index (χ1) is 7.83. The lowest BCUT2D eigenvalue weighted by Crippen LogP contribution is -2.25. The maximum Gasteiger partial charge on any atom is 0.309 e. The molecule has 16 heavy (non-hydrogen) atoms. The number of hydrogen-bond donors (Lipinski definition) is 0. The molecule has 3 rings (SSSR count). The summed E-state index contributed by atoms with van der Waals surface area (Å²) in [4.78, 5) is 11.9. The summed E-state index contributed by atoms with van der Waals surface area (Å²) in [5.74, 6) is 1.19. The summed E-state index contributed by atoms with van der Waals surface area (Å²) in [5.41, 5.74) is 0. The molecule has 0 radical (unpaired) electrons. The Hall–Kier alpha value is -0.830. The van der Waals surface area contributed by atoms with Crippen molar-refractivity contribution in [2.75, 3.05) is 13.2 Å². The van der Waals surface area contributed by atoms with Crippen molar-refractivity contribution in [3.63, 3.8) is 0 Å². The van der Waals surface area contributed by atoms with Crippen LogP contribution in [0.3, 0.4) is 0 Å². The van der Waals surface area contributed by atoms with Gasteiger partial charge in [0.2, 0.25) is 0 Å². The summed E-state index contributed by atoms with van der Waals surface area (Å²) in [6, 6.07) is 0. The molecule has 4 atom stereocenters. The van der Waals surface area contributed by atoms with E-state index in [9.17, 15) is 4.79 Å². The summed E-state index contributed by atoms with van der Waals surface area (Å²) in [6.07, 6.45) is 8.85. The summed E-state index contributed by atoms with van der Waals surface area (Å²) < 4.78 is 10.8. The number of rotatable bonds is 3. The van der Waals surface area contributed by atoms with Crippen LogP contribution in [0.5, 0.6) is 0 Å². The highest BCUT2D eigenvalue weighted by molar-refractivity contribution is 5.74. The molecule has 0 spiro atoms. The Morgan fingerprint density at radius 2 is 2.31 bits per heavy atom. The first kappa shape index (κ1) is 10.3. The molecule has 2 aliphatic carbocycles. The third-order valence-electron chi connectivity index (χ3n) is 4.02. The predicted molar refractivity (Wildman–Crippen MR) is 58.8 cm³/mol. The molecule has 1 heterocycles. The van der Waals surface area contributed by atoms with Crippen molar-refractivity contribution < 1.29 is 14.3 Å². The van der Waals surface area contributed by atoms with Gasteiger partial charge in [-0.15, -0.1) is 0 Å². The Morgan fingerprint density at radius 3 is 2.94 bits per heavy atom. The second kappa shape index (κ2) is 4.21. The van der Waals surface area contributed by atoms with Crippen LogP contribution >= 0.6 is 0 Å². The van der Waals surface area contributed by atoms with Gasteiger partial charge in [0.1, 0.15) is 6.61 Å². The number of ether oxygens (including phenoxy) is 2. The maximum atomic E-state index is 11.9. The van der Waals surface area contributed by atoms with Crippen molar-refractivity contribution in [3.05, 3.63) is 12.2 Å². The largest absolute Gasteiger partial charge is 0.463 e. The van der Waals surface area contributed by atoms with E-state index in [1.165, 1.54) is 0 Å².